The van der Waals surface area contributed by atoms with E-state index in [0.29, 0.717) is 19.1 Å². The maximum absolute atomic E-state index is 13.5. The number of nitrogens with zero attached hydrogens (tertiary/aromatic N) is 1. The first-order chi connectivity index (χ1) is 10.1. The van der Waals surface area contributed by atoms with Crippen molar-refractivity contribution in [3.05, 3.63) is 53.2 Å². The highest BCUT2D eigenvalue weighted by Crippen LogP contribution is 2.25. The van der Waals surface area contributed by atoms with E-state index in [1.54, 1.807) is 6.07 Å². The highest BCUT2D eigenvalue weighted by molar-refractivity contribution is 5.53. The number of aryl methyl sites for hydroxylation is 1. The highest BCUT2D eigenvalue weighted by atomic mass is 19.1. The summed E-state index contributed by atoms with van der Waals surface area (Å²) in [7, 11) is 2.01. The second-order valence-electron chi connectivity index (χ2n) is 5.80. The minimum absolute atomic E-state index is 0.186. The molecule has 1 aromatic carbocycles. The van der Waals surface area contributed by atoms with Crippen LogP contribution in [0.3, 0.4) is 0 Å². The highest BCUT2D eigenvalue weighted by Gasteiger charge is 2.21. The van der Waals surface area contributed by atoms with Gasteiger partial charge in [-0.25, -0.2) is 4.39 Å². The lowest BCUT2D eigenvalue weighted by atomic mass is 10.1. The van der Waals surface area contributed by atoms with Crippen molar-refractivity contribution in [1.82, 2.24) is 5.32 Å². The van der Waals surface area contributed by atoms with Crippen molar-refractivity contribution in [3.8, 4) is 0 Å². The van der Waals surface area contributed by atoms with Crippen LogP contribution in [0, 0.1) is 12.7 Å². The molecule has 0 atom stereocenters. The molecule has 0 aliphatic heterocycles. The first-order valence-corrected chi connectivity index (χ1v) is 7.40. The molecule has 1 fully saturated rings. The molecule has 0 saturated heterocycles. The Balaban J connectivity index is 1.75. The summed E-state index contributed by atoms with van der Waals surface area (Å²) in [6, 6.07) is 9.53. The van der Waals surface area contributed by atoms with Crippen LogP contribution in [0.15, 0.2) is 34.7 Å². The molecule has 1 aromatic heterocycles. The van der Waals surface area contributed by atoms with E-state index in [-0.39, 0.29) is 5.82 Å². The van der Waals surface area contributed by atoms with Gasteiger partial charge in [-0.2, -0.15) is 0 Å². The van der Waals surface area contributed by atoms with E-state index in [1.807, 2.05) is 32.2 Å². The number of hydrogen-bond acceptors (Lipinski definition) is 3. The summed E-state index contributed by atoms with van der Waals surface area (Å²) in [5, 5.41) is 3.45. The fraction of sp³-hybridized carbons (Fsp3) is 0.412. The quantitative estimate of drug-likeness (QED) is 0.880. The molecule has 0 spiro atoms. The summed E-state index contributed by atoms with van der Waals surface area (Å²) in [5.74, 6) is 1.64. The van der Waals surface area contributed by atoms with Crippen LogP contribution in [-0.4, -0.2) is 13.1 Å². The summed E-state index contributed by atoms with van der Waals surface area (Å²) in [4.78, 5) is 2.10. The summed E-state index contributed by atoms with van der Waals surface area (Å²) in [6.45, 7) is 3.32. The predicted molar refractivity (Wildman–Crippen MR) is 81.8 cm³/mol. The van der Waals surface area contributed by atoms with Crippen LogP contribution in [0.1, 0.15) is 29.9 Å². The summed E-state index contributed by atoms with van der Waals surface area (Å²) in [6.07, 6.45) is 2.46. The molecule has 3 rings (SSSR count). The number of halogens is 1. The second-order valence-corrected chi connectivity index (χ2v) is 5.80. The molecule has 0 unspecified atom stereocenters. The van der Waals surface area contributed by atoms with Crippen molar-refractivity contribution in [3.63, 3.8) is 0 Å². The molecular weight excluding hydrogens is 267 g/mol. The first-order valence-electron chi connectivity index (χ1n) is 7.40. The molecule has 3 nitrogen and oxygen atoms in total. The van der Waals surface area contributed by atoms with Gasteiger partial charge in [0, 0.05) is 25.3 Å². The van der Waals surface area contributed by atoms with Crippen molar-refractivity contribution in [2.24, 2.45) is 0 Å². The van der Waals surface area contributed by atoms with Gasteiger partial charge in [-0.1, -0.05) is 0 Å². The zero-order valence-corrected chi connectivity index (χ0v) is 12.5. The zero-order valence-electron chi connectivity index (χ0n) is 12.5. The maximum atomic E-state index is 13.5. The monoisotopic (exact) mass is 288 g/mol. The van der Waals surface area contributed by atoms with E-state index in [1.165, 1.54) is 18.9 Å². The van der Waals surface area contributed by atoms with Crippen molar-refractivity contribution >= 4 is 5.69 Å². The van der Waals surface area contributed by atoms with E-state index < -0.39 is 0 Å². The number of rotatable bonds is 6. The first kappa shape index (κ1) is 14.1. The van der Waals surface area contributed by atoms with Gasteiger partial charge in [0.15, 0.2) is 0 Å². The Morgan fingerprint density at radius 3 is 2.76 bits per heavy atom. The molecule has 1 N–H and O–H groups in total. The molecular formula is C17H21FN2O. The Hall–Kier alpha value is -1.81. The Bertz CT molecular complexity index is 619. The average Bonchev–Trinajstić information content (AvgIpc) is 3.19. The van der Waals surface area contributed by atoms with Crippen LogP contribution < -0.4 is 10.2 Å². The number of hydrogen-bond donors (Lipinski definition) is 1. The largest absolute Gasteiger partial charge is 0.464 e. The van der Waals surface area contributed by atoms with Gasteiger partial charge in [-0.15, -0.1) is 0 Å². The SMILES string of the molecule is Cc1ccc(CN(C)c2ccc(F)cc2CNC2CC2)o1. The lowest BCUT2D eigenvalue weighted by Crippen LogP contribution is -2.21. The topological polar surface area (TPSA) is 28.4 Å². The Morgan fingerprint density at radius 1 is 1.29 bits per heavy atom. The lowest BCUT2D eigenvalue weighted by Gasteiger charge is -2.22. The van der Waals surface area contributed by atoms with Crippen molar-refractivity contribution < 1.29 is 8.81 Å². The number of anilines is 1. The molecule has 0 radical (unpaired) electrons. The van der Waals surface area contributed by atoms with Crippen LogP contribution in [0.4, 0.5) is 10.1 Å². The van der Waals surface area contributed by atoms with E-state index in [9.17, 15) is 4.39 Å². The molecule has 0 bridgehead atoms. The molecule has 4 heteroatoms. The normalized spacial score (nSPS) is 14.4. The van der Waals surface area contributed by atoms with E-state index >= 15 is 0 Å². The van der Waals surface area contributed by atoms with Crippen LogP contribution in [0.5, 0.6) is 0 Å². The van der Waals surface area contributed by atoms with Crippen LogP contribution in [0.2, 0.25) is 0 Å². The lowest BCUT2D eigenvalue weighted by molar-refractivity contribution is 0.481. The Kier molecular flexibility index (Phi) is 3.97. The van der Waals surface area contributed by atoms with E-state index in [2.05, 4.69) is 10.2 Å². The molecule has 1 aliphatic carbocycles. The minimum atomic E-state index is -0.186. The van der Waals surface area contributed by atoms with Crippen LogP contribution in [0.25, 0.3) is 0 Å². The molecule has 1 heterocycles. The van der Waals surface area contributed by atoms with Gasteiger partial charge < -0.3 is 14.6 Å². The fourth-order valence-corrected chi connectivity index (χ4v) is 2.50. The van der Waals surface area contributed by atoms with Gasteiger partial charge in [0.2, 0.25) is 0 Å². The van der Waals surface area contributed by atoms with Crippen molar-refractivity contribution in [2.45, 2.75) is 38.9 Å². The summed E-state index contributed by atoms with van der Waals surface area (Å²) < 4.78 is 19.1. The van der Waals surface area contributed by atoms with Crippen molar-refractivity contribution in [2.75, 3.05) is 11.9 Å². The third-order valence-electron chi connectivity index (χ3n) is 3.80. The van der Waals surface area contributed by atoms with Crippen LogP contribution in [-0.2, 0) is 13.1 Å². The fourth-order valence-electron chi connectivity index (χ4n) is 2.50. The van der Waals surface area contributed by atoms with Gasteiger partial charge in [0.1, 0.15) is 17.3 Å². The number of nitrogens with one attached hydrogen (secondary N) is 1. The molecule has 1 aliphatic rings. The molecule has 21 heavy (non-hydrogen) atoms. The molecule has 2 aromatic rings. The standard InChI is InChI=1S/C17H21FN2O/c1-12-3-7-16(21-12)11-20(2)17-8-4-14(18)9-13(17)10-19-15-5-6-15/h3-4,7-9,15,19H,5-6,10-11H2,1-2H3. The molecule has 112 valence electrons. The van der Waals surface area contributed by atoms with Gasteiger partial charge >= 0.3 is 0 Å². The van der Waals surface area contributed by atoms with E-state index in [0.717, 1.165) is 22.8 Å². The zero-order chi connectivity index (χ0) is 14.8. The second kappa shape index (κ2) is 5.90. The van der Waals surface area contributed by atoms with Gasteiger partial charge in [-0.3, -0.25) is 0 Å². The van der Waals surface area contributed by atoms with Crippen LogP contribution >= 0.6 is 0 Å². The maximum Gasteiger partial charge on any atom is 0.123 e. The number of furan rings is 1. The summed E-state index contributed by atoms with van der Waals surface area (Å²) in [5.41, 5.74) is 2.03. The Morgan fingerprint density at radius 2 is 2.10 bits per heavy atom. The molecule has 1 saturated carbocycles. The smallest absolute Gasteiger partial charge is 0.123 e. The third-order valence-corrected chi connectivity index (χ3v) is 3.80. The third kappa shape index (κ3) is 3.64. The van der Waals surface area contributed by atoms with Gasteiger partial charge in [-0.05, 0) is 55.7 Å². The van der Waals surface area contributed by atoms with E-state index in [4.69, 9.17) is 4.42 Å². The van der Waals surface area contributed by atoms with Crippen molar-refractivity contribution in [1.29, 1.82) is 0 Å². The summed E-state index contributed by atoms with van der Waals surface area (Å²) >= 11 is 0. The number of benzene rings is 1. The average molecular weight is 288 g/mol. The molecule has 0 amide bonds. The Labute approximate surface area is 124 Å². The minimum Gasteiger partial charge on any atom is -0.464 e. The van der Waals surface area contributed by atoms with Gasteiger partial charge in [0.05, 0.1) is 6.54 Å². The van der Waals surface area contributed by atoms with Gasteiger partial charge in [0.25, 0.3) is 0 Å². The predicted octanol–water partition coefficient (Wildman–Crippen LogP) is 3.62.